The molecule has 0 fully saturated rings. The van der Waals surface area contributed by atoms with Gasteiger partial charge < -0.3 is 4.57 Å². The second-order valence-electron chi connectivity index (χ2n) is 8.15. The number of hydrogen-bond donors (Lipinski definition) is 0. The first-order valence-electron chi connectivity index (χ1n) is 10.5. The maximum atomic E-state index is 13.6. The standard InChI is InChI=1S/C26H18F3N5/c1-14-5-8-19-20-9-6-17(26(27,28)29)12-24(20)34(23(19)11-14)18-7-10-22(30-4)21(13-18)25-32-15(2)31-16(3)33-25/h5-13H,1-3H3. The molecule has 0 aliphatic carbocycles. The molecule has 168 valence electrons. The topological polar surface area (TPSA) is 48.0 Å². The number of alkyl halides is 3. The normalized spacial score (nSPS) is 11.8. The summed E-state index contributed by atoms with van der Waals surface area (Å²) in [6.07, 6.45) is -4.47. The van der Waals surface area contributed by atoms with E-state index >= 15 is 0 Å². The van der Waals surface area contributed by atoms with Crippen LogP contribution in [0.25, 0.3) is 43.7 Å². The Bertz CT molecular complexity index is 1620. The molecule has 5 rings (SSSR count). The van der Waals surface area contributed by atoms with E-state index in [0.29, 0.717) is 45.3 Å². The second-order valence-corrected chi connectivity index (χ2v) is 8.15. The van der Waals surface area contributed by atoms with Crippen molar-refractivity contribution in [2.45, 2.75) is 26.9 Å². The lowest BCUT2D eigenvalue weighted by Gasteiger charge is -2.13. The summed E-state index contributed by atoms with van der Waals surface area (Å²) in [5, 5.41) is 1.56. The van der Waals surface area contributed by atoms with Crippen LogP contribution in [0.5, 0.6) is 0 Å². The Morgan fingerprint density at radius 2 is 1.44 bits per heavy atom. The molecule has 0 N–H and O–H groups in total. The first-order valence-corrected chi connectivity index (χ1v) is 10.5. The SMILES string of the molecule is [C-]#[N+]c1ccc(-n2c3cc(C)ccc3c3ccc(C(F)(F)F)cc32)cc1-c1nc(C)nc(C)n1. The van der Waals surface area contributed by atoms with Gasteiger partial charge in [0, 0.05) is 22.0 Å². The molecule has 5 nitrogen and oxygen atoms in total. The molecule has 0 saturated carbocycles. The van der Waals surface area contributed by atoms with E-state index in [4.69, 9.17) is 6.57 Å². The summed E-state index contributed by atoms with van der Waals surface area (Å²) in [7, 11) is 0. The van der Waals surface area contributed by atoms with Crippen molar-refractivity contribution in [1.29, 1.82) is 0 Å². The van der Waals surface area contributed by atoms with Crippen molar-refractivity contribution in [2.75, 3.05) is 0 Å². The average molecular weight is 457 g/mol. The van der Waals surface area contributed by atoms with Gasteiger partial charge in [-0.3, -0.25) is 0 Å². The van der Waals surface area contributed by atoms with Crippen LogP contribution in [0.3, 0.4) is 0 Å². The minimum atomic E-state index is -4.47. The lowest BCUT2D eigenvalue weighted by atomic mass is 10.1. The lowest BCUT2D eigenvalue weighted by molar-refractivity contribution is -0.137. The predicted molar refractivity (Wildman–Crippen MR) is 125 cm³/mol. The van der Waals surface area contributed by atoms with Gasteiger partial charge in [0.15, 0.2) is 11.5 Å². The van der Waals surface area contributed by atoms with Crippen LogP contribution in [0.1, 0.15) is 22.8 Å². The van der Waals surface area contributed by atoms with E-state index in [2.05, 4.69) is 19.8 Å². The Morgan fingerprint density at radius 1 is 0.794 bits per heavy atom. The zero-order valence-corrected chi connectivity index (χ0v) is 18.6. The third-order valence-corrected chi connectivity index (χ3v) is 5.71. The number of halogens is 3. The number of aryl methyl sites for hydroxylation is 3. The van der Waals surface area contributed by atoms with Crippen molar-refractivity contribution in [3.63, 3.8) is 0 Å². The molecule has 0 aliphatic heterocycles. The first-order chi connectivity index (χ1) is 16.2. The summed E-state index contributed by atoms with van der Waals surface area (Å²) < 4.78 is 42.5. The van der Waals surface area contributed by atoms with Crippen molar-refractivity contribution in [3.8, 4) is 17.1 Å². The van der Waals surface area contributed by atoms with Crippen molar-refractivity contribution in [3.05, 3.63) is 88.8 Å². The Balaban J connectivity index is 1.86. The fourth-order valence-corrected chi connectivity index (χ4v) is 4.26. The van der Waals surface area contributed by atoms with E-state index in [1.165, 1.54) is 12.1 Å². The molecule has 5 aromatic rings. The minimum Gasteiger partial charge on any atom is -0.309 e. The maximum Gasteiger partial charge on any atom is 0.416 e. The van der Waals surface area contributed by atoms with Crippen LogP contribution in [0.15, 0.2) is 54.6 Å². The van der Waals surface area contributed by atoms with Gasteiger partial charge in [0.2, 0.25) is 0 Å². The van der Waals surface area contributed by atoms with Gasteiger partial charge in [-0.15, -0.1) is 0 Å². The summed E-state index contributed by atoms with van der Waals surface area (Å²) in [5.41, 5.74) is 2.93. The largest absolute Gasteiger partial charge is 0.416 e. The highest BCUT2D eigenvalue weighted by Crippen LogP contribution is 2.39. The summed E-state index contributed by atoms with van der Waals surface area (Å²) >= 11 is 0. The molecule has 0 bridgehead atoms. The number of benzene rings is 3. The monoisotopic (exact) mass is 457 g/mol. The van der Waals surface area contributed by atoms with Crippen molar-refractivity contribution >= 4 is 27.5 Å². The number of nitrogens with zero attached hydrogens (tertiary/aromatic N) is 5. The summed E-state index contributed by atoms with van der Waals surface area (Å²) in [4.78, 5) is 16.6. The van der Waals surface area contributed by atoms with E-state index in [-0.39, 0.29) is 0 Å². The van der Waals surface area contributed by atoms with Crippen LogP contribution in [0, 0.1) is 27.3 Å². The van der Waals surface area contributed by atoms with Gasteiger partial charge >= 0.3 is 6.18 Å². The summed E-state index contributed by atoms with van der Waals surface area (Å²) in [5.74, 6) is 1.39. The van der Waals surface area contributed by atoms with Gasteiger partial charge in [0.05, 0.1) is 23.2 Å². The van der Waals surface area contributed by atoms with Gasteiger partial charge in [-0.2, -0.15) is 13.2 Å². The molecule has 0 amide bonds. The molecule has 0 atom stereocenters. The molecule has 34 heavy (non-hydrogen) atoms. The first kappa shape index (κ1) is 21.6. The molecular weight excluding hydrogens is 439 g/mol. The molecule has 0 spiro atoms. The third kappa shape index (κ3) is 3.55. The Hall–Kier alpha value is -4.25. The fourth-order valence-electron chi connectivity index (χ4n) is 4.26. The molecule has 0 unspecified atom stereocenters. The predicted octanol–water partition coefficient (Wildman–Crippen LogP) is 7.13. The quantitative estimate of drug-likeness (QED) is 0.265. The van der Waals surface area contributed by atoms with E-state index in [0.717, 1.165) is 22.5 Å². The van der Waals surface area contributed by atoms with Crippen LogP contribution < -0.4 is 0 Å². The van der Waals surface area contributed by atoms with Gasteiger partial charge in [-0.1, -0.05) is 24.3 Å². The molecule has 8 heteroatoms. The zero-order valence-electron chi connectivity index (χ0n) is 18.6. The number of rotatable bonds is 2. The van der Waals surface area contributed by atoms with Crippen molar-refractivity contribution in [1.82, 2.24) is 19.5 Å². The second kappa shape index (κ2) is 7.66. The highest BCUT2D eigenvalue weighted by Gasteiger charge is 2.31. The van der Waals surface area contributed by atoms with E-state index in [1.54, 1.807) is 36.6 Å². The van der Waals surface area contributed by atoms with Gasteiger partial charge in [0.1, 0.15) is 11.6 Å². The molecule has 2 heterocycles. The van der Waals surface area contributed by atoms with Crippen molar-refractivity contribution < 1.29 is 13.2 Å². The Kier molecular flexibility index (Phi) is 4.87. The number of hydrogen-bond acceptors (Lipinski definition) is 3. The lowest BCUT2D eigenvalue weighted by Crippen LogP contribution is -2.05. The number of fused-ring (bicyclic) bond motifs is 3. The van der Waals surface area contributed by atoms with E-state index in [1.807, 2.05) is 25.1 Å². The molecule has 3 aromatic carbocycles. The molecule has 2 aromatic heterocycles. The van der Waals surface area contributed by atoms with Crippen LogP contribution in [-0.2, 0) is 6.18 Å². The van der Waals surface area contributed by atoms with Gasteiger partial charge in [0.25, 0.3) is 0 Å². The van der Waals surface area contributed by atoms with E-state index in [9.17, 15) is 13.2 Å². The van der Waals surface area contributed by atoms with Gasteiger partial charge in [-0.05, 0) is 56.7 Å². The molecular formula is C26H18F3N5. The maximum absolute atomic E-state index is 13.6. The molecule has 0 aliphatic rings. The van der Waals surface area contributed by atoms with Crippen LogP contribution in [0.4, 0.5) is 18.9 Å². The highest BCUT2D eigenvalue weighted by molar-refractivity contribution is 6.09. The third-order valence-electron chi connectivity index (χ3n) is 5.71. The van der Waals surface area contributed by atoms with Crippen molar-refractivity contribution in [2.24, 2.45) is 0 Å². The fraction of sp³-hybridized carbons (Fsp3) is 0.154. The smallest absolute Gasteiger partial charge is 0.309 e. The zero-order chi connectivity index (χ0) is 24.2. The van der Waals surface area contributed by atoms with E-state index < -0.39 is 11.7 Å². The average Bonchev–Trinajstić information content (AvgIpc) is 3.10. The van der Waals surface area contributed by atoms with Crippen LogP contribution in [-0.4, -0.2) is 19.5 Å². The van der Waals surface area contributed by atoms with Crippen LogP contribution >= 0.6 is 0 Å². The van der Waals surface area contributed by atoms with Gasteiger partial charge in [-0.25, -0.2) is 19.8 Å². The molecule has 0 radical (unpaired) electrons. The Labute approximate surface area is 193 Å². The Morgan fingerprint density at radius 3 is 2.09 bits per heavy atom. The minimum absolute atomic E-state index is 0.349. The summed E-state index contributed by atoms with van der Waals surface area (Å²) in [6, 6.07) is 14.7. The molecule has 0 saturated heterocycles. The summed E-state index contributed by atoms with van der Waals surface area (Å²) in [6.45, 7) is 13.0. The number of aromatic nitrogens is 4. The highest BCUT2D eigenvalue weighted by atomic mass is 19.4. The van der Waals surface area contributed by atoms with Crippen LogP contribution in [0.2, 0.25) is 0 Å².